The van der Waals surface area contributed by atoms with E-state index in [2.05, 4.69) is 0 Å². The van der Waals surface area contributed by atoms with Crippen LogP contribution in [0.4, 0.5) is 11.4 Å². The minimum Gasteiger partial charge on any atom is -0.490 e. The molecule has 3 unspecified atom stereocenters. The molecule has 2 heterocycles. The van der Waals surface area contributed by atoms with Gasteiger partial charge in [-0.1, -0.05) is 77.8 Å². The number of para-hydroxylation sites is 1. The van der Waals surface area contributed by atoms with Gasteiger partial charge in [0.05, 0.1) is 34.1 Å². The highest BCUT2D eigenvalue weighted by Gasteiger charge is 2.60. The molecule has 4 aromatic carbocycles. The van der Waals surface area contributed by atoms with Gasteiger partial charge < -0.3 is 9.47 Å². The van der Waals surface area contributed by atoms with Gasteiger partial charge in [-0.15, -0.1) is 0 Å². The molecule has 2 saturated heterocycles. The number of nitrogens with zero attached hydrogens (tertiary/aromatic N) is 2. The average molecular weight is 589 g/mol. The van der Waals surface area contributed by atoms with Crippen LogP contribution in [0.3, 0.4) is 0 Å². The molecule has 2 aliphatic rings. The summed E-state index contributed by atoms with van der Waals surface area (Å²) in [5.74, 6) is -0.551. The van der Waals surface area contributed by atoms with Crippen molar-refractivity contribution >= 4 is 46.4 Å². The first kappa shape index (κ1) is 27.1. The molecule has 41 heavy (non-hydrogen) atoms. The highest BCUT2D eigenvalue weighted by Crippen LogP contribution is 2.49. The maximum absolute atomic E-state index is 14.0. The smallest absolute Gasteiger partial charge is 0.266 e. The van der Waals surface area contributed by atoms with Crippen molar-refractivity contribution in [1.29, 1.82) is 0 Å². The lowest BCUT2D eigenvalue weighted by atomic mass is 9.90. The summed E-state index contributed by atoms with van der Waals surface area (Å²) in [6, 6.07) is 28.9. The lowest BCUT2D eigenvalue weighted by Gasteiger charge is -2.29. The molecule has 0 radical (unpaired) electrons. The Morgan fingerprint density at radius 2 is 1.49 bits per heavy atom. The van der Waals surface area contributed by atoms with Crippen LogP contribution in [0.1, 0.15) is 24.1 Å². The SMILES string of the molecule is CCOc1cc(C2C3C(=O)N(c4ccc(Cl)c(Cl)c4)C(=O)C3ON2c2ccccc2)ccc1OCc1ccccc1. The van der Waals surface area contributed by atoms with E-state index in [4.69, 9.17) is 37.5 Å². The summed E-state index contributed by atoms with van der Waals surface area (Å²) in [6.45, 7) is 2.69. The fourth-order valence-corrected chi connectivity index (χ4v) is 5.55. The summed E-state index contributed by atoms with van der Waals surface area (Å²) in [4.78, 5) is 35.0. The highest BCUT2D eigenvalue weighted by molar-refractivity contribution is 6.42. The van der Waals surface area contributed by atoms with Crippen LogP contribution in [0, 0.1) is 5.92 Å². The van der Waals surface area contributed by atoms with E-state index in [9.17, 15) is 9.59 Å². The van der Waals surface area contributed by atoms with Crippen molar-refractivity contribution in [3.63, 3.8) is 0 Å². The second-order valence-corrected chi connectivity index (χ2v) is 10.5. The molecule has 0 aromatic heterocycles. The average Bonchev–Trinajstić information content (AvgIpc) is 3.50. The standard InChI is InChI=1S/C32H26Cl2N2O5/c1-2-39-27-17-21(13-16-26(27)40-19-20-9-5-3-6-10-20)29-28-30(41-36(29)22-11-7-4-8-12-22)32(38)35(31(28)37)23-14-15-24(33)25(34)18-23/h3-18,28-30H,2,19H2,1H3. The van der Waals surface area contributed by atoms with E-state index in [0.717, 1.165) is 21.7 Å². The Bertz CT molecular complexity index is 1580. The van der Waals surface area contributed by atoms with Crippen molar-refractivity contribution < 1.29 is 23.9 Å². The number of carbonyl (C=O) groups excluding carboxylic acids is 2. The summed E-state index contributed by atoms with van der Waals surface area (Å²) < 4.78 is 12.1. The minimum atomic E-state index is -1.02. The number of imide groups is 1. The van der Waals surface area contributed by atoms with Gasteiger partial charge in [0.15, 0.2) is 17.6 Å². The maximum Gasteiger partial charge on any atom is 0.266 e. The first-order chi connectivity index (χ1) is 20.0. The van der Waals surface area contributed by atoms with Crippen molar-refractivity contribution in [2.75, 3.05) is 16.6 Å². The summed E-state index contributed by atoms with van der Waals surface area (Å²) in [5.41, 5.74) is 2.83. The predicted octanol–water partition coefficient (Wildman–Crippen LogP) is 7.02. The summed E-state index contributed by atoms with van der Waals surface area (Å²) in [5, 5.41) is 2.22. The van der Waals surface area contributed by atoms with E-state index in [-0.39, 0.29) is 10.9 Å². The molecule has 2 fully saturated rings. The molecule has 2 amide bonds. The molecule has 3 atom stereocenters. The molecular formula is C32H26Cl2N2O5. The van der Waals surface area contributed by atoms with Gasteiger partial charge in [0.2, 0.25) is 5.91 Å². The van der Waals surface area contributed by atoms with Crippen molar-refractivity contribution in [2.24, 2.45) is 5.92 Å². The lowest BCUT2D eigenvalue weighted by Crippen LogP contribution is -2.37. The third kappa shape index (κ3) is 5.12. The summed E-state index contributed by atoms with van der Waals surface area (Å²) >= 11 is 12.3. The van der Waals surface area contributed by atoms with E-state index in [1.807, 2.05) is 85.8 Å². The second kappa shape index (κ2) is 11.4. The minimum absolute atomic E-state index is 0.248. The maximum atomic E-state index is 14.0. The molecule has 0 N–H and O–H groups in total. The molecule has 6 rings (SSSR count). The number of rotatable bonds is 8. The van der Waals surface area contributed by atoms with Crippen LogP contribution in [-0.4, -0.2) is 24.5 Å². The Labute approximate surface area is 247 Å². The van der Waals surface area contributed by atoms with Gasteiger partial charge in [-0.05, 0) is 60.5 Å². The zero-order valence-corrected chi connectivity index (χ0v) is 23.6. The van der Waals surface area contributed by atoms with Gasteiger partial charge in [0.1, 0.15) is 12.5 Å². The van der Waals surface area contributed by atoms with Crippen LogP contribution < -0.4 is 19.4 Å². The molecule has 0 bridgehead atoms. The van der Waals surface area contributed by atoms with Gasteiger partial charge in [-0.25, -0.2) is 9.96 Å². The largest absolute Gasteiger partial charge is 0.490 e. The number of hydroxylamine groups is 1. The summed E-state index contributed by atoms with van der Waals surface area (Å²) in [6.07, 6.45) is -1.02. The molecule has 9 heteroatoms. The van der Waals surface area contributed by atoms with Gasteiger partial charge in [-0.2, -0.15) is 0 Å². The van der Waals surface area contributed by atoms with Crippen molar-refractivity contribution in [2.45, 2.75) is 25.7 Å². The molecule has 0 spiro atoms. The van der Waals surface area contributed by atoms with E-state index in [1.165, 1.54) is 6.07 Å². The van der Waals surface area contributed by atoms with Crippen molar-refractivity contribution in [1.82, 2.24) is 0 Å². The number of fused-ring (bicyclic) bond motifs is 1. The van der Waals surface area contributed by atoms with Gasteiger partial charge >= 0.3 is 0 Å². The molecule has 2 aliphatic heterocycles. The Hall–Kier alpha value is -4.04. The molecular weight excluding hydrogens is 563 g/mol. The monoisotopic (exact) mass is 588 g/mol. The van der Waals surface area contributed by atoms with Gasteiger partial charge in [0, 0.05) is 0 Å². The van der Waals surface area contributed by atoms with E-state index in [0.29, 0.717) is 35.4 Å². The number of halogens is 2. The van der Waals surface area contributed by atoms with E-state index in [1.54, 1.807) is 17.2 Å². The van der Waals surface area contributed by atoms with Crippen LogP contribution in [0.2, 0.25) is 10.0 Å². The zero-order valence-electron chi connectivity index (χ0n) is 22.1. The van der Waals surface area contributed by atoms with Gasteiger partial charge in [-0.3, -0.25) is 14.4 Å². The Morgan fingerprint density at radius 1 is 0.756 bits per heavy atom. The van der Waals surface area contributed by atoms with Crippen LogP contribution in [0.25, 0.3) is 0 Å². The van der Waals surface area contributed by atoms with Crippen molar-refractivity contribution in [3.05, 3.63) is 118 Å². The van der Waals surface area contributed by atoms with Crippen LogP contribution in [-0.2, 0) is 21.0 Å². The molecule has 7 nitrogen and oxygen atoms in total. The van der Waals surface area contributed by atoms with Crippen LogP contribution in [0.15, 0.2) is 97.1 Å². The van der Waals surface area contributed by atoms with E-state index < -0.39 is 24.0 Å². The zero-order chi connectivity index (χ0) is 28.5. The Balaban J connectivity index is 1.38. The molecule has 0 aliphatic carbocycles. The topological polar surface area (TPSA) is 68.3 Å². The number of carbonyl (C=O) groups is 2. The third-order valence-corrected chi connectivity index (χ3v) is 7.87. The number of hydrogen-bond acceptors (Lipinski definition) is 6. The first-order valence-corrected chi connectivity index (χ1v) is 14.0. The molecule has 208 valence electrons. The first-order valence-electron chi connectivity index (χ1n) is 13.2. The fraction of sp³-hybridized carbons (Fsp3) is 0.188. The number of anilines is 2. The highest BCUT2D eigenvalue weighted by atomic mass is 35.5. The number of hydrogen-bond donors (Lipinski definition) is 0. The number of amides is 2. The second-order valence-electron chi connectivity index (χ2n) is 9.68. The predicted molar refractivity (Wildman–Crippen MR) is 157 cm³/mol. The van der Waals surface area contributed by atoms with Crippen LogP contribution >= 0.6 is 23.2 Å². The summed E-state index contributed by atoms with van der Waals surface area (Å²) in [7, 11) is 0. The number of benzene rings is 4. The third-order valence-electron chi connectivity index (χ3n) is 7.13. The Kier molecular flexibility index (Phi) is 7.58. The number of ether oxygens (including phenoxy) is 2. The Morgan fingerprint density at radius 3 is 2.20 bits per heavy atom. The normalized spacial score (nSPS) is 19.9. The molecule has 4 aromatic rings. The van der Waals surface area contributed by atoms with Crippen molar-refractivity contribution in [3.8, 4) is 11.5 Å². The van der Waals surface area contributed by atoms with Crippen LogP contribution in [0.5, 0.6) is 11.5 Å². The fourth-order valence-electron chi connectivity index (χ4n) is 5.26. The quantitative estimate of drug-likeness (QED) is 0.206. The van der Waals surface area contributed by atoms with E-state index >= 15 is 0 Å². The van der Waals surface area contributed by atoms with Gasteiger partial charge in [0.25, 0.3) is 5.91 Å². The lowest BCUT2D eigenvalue weighted by molar-refractivity contribution is -0.126. The molecule has 0 saturated carbocycles.